The van der Waals surface area contributed by atoms with Crippen molar-refractivity contribution in [1.82, 2.24) is 14.3 Å². The van der Waals surface area contributed by atoms with Crippen molar-refractivity contribution in [2.24, 2.45) is 0 Å². The molecule has 1 rings (SSSR count). The second-order valence-electron chi connectivity index (χ2n) is 5.20. The van der Waals surface area contributed by atoms with Gasteiger partial charge in [-0.3, -0.25) is 0 Å². The first kappa shape index (κ1) is 22.0. The summed E-state index contributed by atoms with van der Waals surface area (Å²) in [7, 11) is -5.90. The van der Waals surface area contributed by atoms with Crippen molar-refractivity contribution in [2.75, 3.05) is 46.4 Å². The fourth-order valence-electron chi connectivity index (χ4n) is 2.17. The lowest BCUT2D eigenvalue weighted by molar-refractivity contribution is 0.199. The summed E-state index contributed by atoms with van der Waals surface area (Å²) in [5, 5.41) is 3.02. The quantitative estimate of drug-likeness (QED) is 0.493. The van der Waals surface area contributed by atoms with E-state index in [-0.39, 0.29) is 16.3 Å². The summed E-state index contributed by atoms with van der Waals surface area (Å²) in [6, 6.07) is 5.40. The molecule has 0 aliphatic heterocycles. The fourth-order valence-corrected chi connectivity index (χ4v) is 4.83. The van der Waals surface area contributed by atoms with Crippen LogP contribution in [0.1, 0.15) is 13.8 Å². The Bertz CT molecular complexity index is 731. The zero-order valence-corrected chi connectivity index (χ0v) is 16.5. The SMILES string of the molecule is CCN(CC)S(=O)(=O)c1cccc(S(=O)(=O)NCCNCCOC)c1. The molecule has 0 saturated heterocycles. The van der Waals surface area contributed by atoms with Crippen LogP contribution in [0, 0.1) is 0 Å². The van der Waals surface area contributed by atoms with Gasteiger partial charge in [0, 0.05) is 39.8 Å². The van der Waals surface area contributed by atoms with Crippen molar-refractivity contribution in [2.45, 2.75) is 23.6 Å². The molecule has 25 heavy (non-hydrogen) atoms. The molecule has 1 aromatic rings. The first-order valence-corrected chi connectivity index (χ1v) is 11.0. The van der Waals surface area contributed by atoms with E-state index in [0.29, 0.717) is 32.8 Å². The molecule has 0 heterocycles. The van der Waals surface area contributed by atoms with Gasteiger partial charge in [-0.15, -0.1) is 0 Å². The van der Waals surface area contributed by atoms with E-state index >= 15 is 0 Å². The zero-order chi connectivity index (χ0) is 18.9. The lowest BCUT2D eigenvalue weighted by Gasteiger charge is -2.18. The molecule has 144 valence electrons. The summed E-state index contributed by atoms with van der Waals surface area (Å²) in [6.07, 6.45) is 0. The molecular formula is C15H27N3O5S2. The van der Waals surface area contributed by atoms with Gasteiger partial charge in [-0.25, -0.2) is 21.6 Å². The maximum atomic E-state index is 12.5. The number of nitrogens with zero attached hydrogens (tertiary/aromatic N) is 1. The van der Waals surface area contributed by atoms with Crippen molar-refractivity contribution < 1.29 is 21.6 Å². The molecule has 0 spiro atoms. The normalized spacial score (nSPS) is 12.6. The molecule has 0 fully saturated rings. The van der Waals surface area contributed by atoms with Gasteiger partial charge in [0.2, 0.25) is 20.0 Å². The molecule has 0 bridgehead atoms. The van der Waals surface area contributed by atoms with E-state index in [1.165, 1.54) is 28.6 Å². The Morgan fingerprint density at radius 2 is 1.64 bits per heavy atom. The number of rotatable bonds is 12. The number of hydrogen-bond acceptors (Lipinski definition) is 6. The summed E-state index contributed by atoms with van der Waals surface area (Å²) < 4.78 is 58.3. The van der Waals surface area contributed by atoms with Gasteiger partial charge in [0.1, 0.15) is 0 Å². The molecule has 8 nitrogen and oxygen atoms in total. The molecule has 0 aliphatic carbocycles. The molecule has 0 unspecified atom stereocenters. The molecular weight excluding hydrogens is 366 g/mol. The highest BCUT2D eigenvalue weighted by atomic mass is 32.2. The van der Waals surface area contributed by atoms with E-state index in [2.05, 4.69) is 10.0 Å². The van der Waals surface area contributed by atoms with Crippen LogP contribution >= 0.6 is 0 Å². The van der Waals surface area contributed by atoms with E-state index in [1.807, 2.05) is 0 Å². The van der Waals surface area contributed by atoms with Gasteiger partial charge in [0.25, 0.3) is 0 Å². The lowest BCUT2D eigenvalue weighted by Crippen LogP contribution is -2.33. The Balaban J connectivity index is 2.85. The van der Waals surface area contributed by atoms with Gasteiger partial charge in [-0.1, -0.05) is 19.9 Å². The summed E-state index contributed by atoms with van der Waals surface area (Å²) in [5.41, 5.74) is 0. The van der Waals surface area contributed by atoms with E-state index in [0.717, 1.165) is 0 Å². The minimum Gasteiger partial charge on any atom is -0.383 e. The second kappa shape index (κ2) is 10.2. The van der Waals surface area contributed by atoms with Crippen LogP contribution < -0.4 is 10.0 Å². The van der Waals surface area contributed by atoms with Gasteiger partial charge < -0.3 is 10.1 Å². The molecule has 0 saturated carbocycles. The number of ether oxygens (including phenoxy) is 1. The van der Waals surface area contributed by atoms with Crippen LogP contribution in [0.3, 0.4) is 0 Å². The lowest BCUT2D eigenvalue weighted by atomic mass is 10.4. The third-order valence-corrected chi connectivity index (χ3v) is 7.04. The van der Waals surface area contributed by atoms with Crippen molar-refractivity contribution in [3.63, 3.8) is 0 Å². The van der Waals surface area contributed by atoms with Crippen molar-refractivity contribution in [3.8, 4) is 0 Å². The number of nitrogens with one attached hydrogen (secondary N) is 2. The van der Waals surface area contributed by atoms with Crippen molar-refractivity contribution >= 4 is 20.0 Å². The van der Waals surface area contributed by atoms with E-state index in [4.69, 9.17) is 4.74 Å². The summed E-state index contributed by atoms with van der Waals surface area (Å²) in [4.78, 5) is -0.102. The summed E-state index contributed by atoms with van der Waals surface area (Å²) in [6.45, 7) is 5.91. The van der Waals surface area contributed by atoms with Crippen LogP contribution in [0.15, 0.2) is 34.1 Å². The highest BCUT2D eigenvalue weighted by Gasteiger charge is 2.23. The fraction of sp³-hybridized carbons (Fsp3) is 0.600. The van der Waals surface area contributed by atoms with Gasteiger partial charge in [0.15, 0.2) is 0 Å². The Kier molecular flexibility index (Phi) is 8.97. The topological polar surface area (TPSA) is 105 Å². The Morgan fingerprint density at radius 1 is 1.00 bits per heavy atom. The zero-order valence-electron chi connectivity index (χ0n) is 14.9. The predicted molar refractivity (Wildman–Crippen MR) is 96.5 cm³/mol. The highest BCUT2D eigenvalue weighted by molar-refractivity contribution is 7.90. The smallest absolute Gasteiger partial charge is 0.243 e. The molecule has 2 N–H and O–H groups in total. The van der Waals surface area contributed by atoms with Crippen molar-refractivity contribution in [3.05, 3.63) is 24.3 Å². The molecule has 0 atom stereocenters. The monoisotopic (exact) mass is 393 g/mol. The first-order valence-electron chi connectivity index (χ1n) is 8.09. The Hall–Kier alpha value is -1.04. The minimum atomic E-state index is -3.78. The summed E-state index contributed by atoms with van der Waals surface area (Å²) >= 11 is 0. The second-order valence-corrected chi connectivity index (χ2v) is 8.91. The molecule has 0 aliphatic rings. The van der Waals surface area contributed by atoms with Gasteiger partial charge in [-0.05, 0) is 18.2 Å². The molecule has 0 aromatic heterocycles. The maximum absolute atomic E-state index is 12.5. The van der Waals surface area contributed by atoms with Crippen LogP contribution in [-0.2, 0) is 24.8 Å². The average Bonchev–Trinajstić information content (AvgIpc) is 2.59. The molecule has 0 radical (unpaired) electrons. The molecule has 10 heteroatoms. The van der Waals surface area contributed by atoms with Crippen LogP contribution in [0.5, 0.6) is 0 Å². The van der Waals surface area contributed by atoms with Gasteiger partial charge >= 0.3 is 0 Å². The minimum absolute atomic E-state index is 0.0303. The number of benzene rings is 1. The number of hydrogen-bond donors (Lipinski definition) is 2. The van der Waals surface area contributed by atoms with Gasteiger partial charge in [-0.2, -0.15) is 4.31 Å². The van der Waals surface area contributed by atoms with Crippen LogP contribution in [0.25, 0.3) is 0 Å². The van der Waals surface area contributed by atoms with Gasteiger partial charge in [0.05, 0.1) is 16.4 Å². The third-order valence-electron chi connectivity index (χ3n) is 3.54. The Labute approximate surface area is 150 Å². The standard InChI is InChI=1S/C15H27N3O5S2/c1-4-18(5-2)25(21,22)15-8-6-7-14(13-15)24(19,20)17-10-9-16-11-12-23-3/h6-8,13,16-17H,4-5,9-12H2,1-3H3. The molecule has 1 aromatic carbocycles. The first-order chi connectivity index (χ1) is 11.8. The maximum Gasteiger partial charge on any atom is 0.243 e. The number of sulfonamides is 2. The Morgan fingerprint density at radius 3 is 2.24 bits per heavy atom. The van der Waals surface area contributed by atoms with E-state index in [9.17, 15) is 16.8 Å². The van der Waals surface area contributed by atoms with E-state index in [1.54, 1.807) is 21.0 Å². The van der Waals surface area contributed by atoms with E-state index < -0.39 is 20.0 Å². The predicted octanol–water partition coefficient (Wildman–Crippen LogP) is 0.231. The molecule has 0 amide bonds. The van der Waals surface area contributed by atoms with Crippen molar-refractivity contribution in [1.29, 1.82) is 0 Å². The average molecular weight is 394 g/mol. The van der Waals surface area contributed by atoms with Crippen LogP contribution in [0.2, 0.25) is 0 Å². The summed E-state index contributed by atoms with van der Waals surface area (Å²) in [5.74, 6) is 0. The largest absolute Gasteiger partial charge is 0.383 e. The number of methoxy groups -OCH3 is 1. The van der Waals surface area contributed by atoms with Crippen LogP contribution in [-0.4, -0.2) is 67.6 Å². The third kappa shape index (κ3) is 6.32. The van der Waals surface area contributed by atoms with Crippen LogP contribution in [0.4, 0.5) is 0 Å². The highest BCUT2D eigenvalue weighted by Crippen LogP contribution is 2.19.